The van der Waals surface area contributed by atoms with Crippen LogP contribution in [0.15, 0.2) is 23.1 Å². The van der Waals surface area contributed by atoms with Crippen LogP contribution in [0.3, 0.4) is 0 Å². The van der Waals surface area contributed by atoms with E-state index >= 15 is 0 Å². The van der Waals surface area contributed by atoms with Crippen LogP contribution in [0.4, 0.5) is 5.69 Å². The SMILES string of the molecule is COc1ccc(S(=O)(=O)N(C)[C@H]2CS(=O)(=O)C[C@H]2O)cc1NC(C)=O. The second-order valence-electron chi connectivity index (χ2n) is 5.78. The van der Waals surface area contributed by atoms with Gasteiger partial charge >= 0.3 is 0 Å². The van der Waals surface area contributed by atoms with Crippen LogP contribution in [-0.2, 0) is 24.7 Å². The standard InChI is InChI=1S/C14H20N2O7S2/c1-9(17)15-11-6-10(4-5-14(11)23-3)25(21,22)16(2)12-7-24(19,20)8-13(12)18/h4-6,12-13,18H,7-8H2,1-3H3,(H,15,17)/t12-,13+/m0/s1. The molecule has 11 heteroatoms. The third kappa shape index (κ3) is 4.11. The number of methoxy groups -OCH3 is 1. The molecule has 0 unspecified atom stereocenters. The van der Waals surface area contributed by atoms with E-state index < -0.39 is 49.4 Å². The van der Waals surface area contributed by atoms with Gasteiger partial charge in [-0.25, -0.2) is 16.8 Å². The highest BCUT2D eigenvalue weighted by molar-refractivity contribution is 7.92. The first-order chi connectivity index (χ1) is 11.5. The zero-order chi connectivity index (χ0) is 19.0. The topological polar surface area (TPSA) is 130 Å². The van der Waals surface area contributed by atoms with Crippen molar-refractivity contribution in [3.63, 3.8) is 0 Å². The van der Waals surface area contributed by atoms with Gasteiger partial charge in [0, 0.05) is 14.0 Å². The first kappa shape index (κ1) is 19.6. The van der Waals surface area contributed by atoms with E-state index in [1.165, 1.54) is 39.3 Å². The summed E-state index contributed by atoms with van der Waals surface area (Å²) in [6.07, 6.45) is -1.29. The average Bonchev–Trinajstić information content (AvgIpc) is 2.78. The van der Waals surface area contributed by atoms with Crippen molar-refractivity contribution in [3.05, 3.63) is 18.2 Å². The Morgan fingerprint density at radius 2 is 2.00 bits per heavy atom. The minimum Gasteiger partial charge on any atom is -0.495 e. The van der Waals surface area contributed by atoms with Crippen LogP contribution in [0.25, 0.3) is 0 Å². The Morgan fingerprint density at radius 1 is 1.36 bits per heavy atom. The number of carbonyl (C=O) groups excluding carboxylic acids is 1. The molecule has 25 heavy (non-hydrogen) atoms. The van der Waals surface area contributed by atoms with Crippen LogP contribution in [0.1, 0.15) is 6.92 Å². The summed E-state index contributed by atoms with van der Waals surface area (Å²) < 4.78 is 54.7. The number of aliphatic hydroxyl groups is 1. The highest BCUT2D eigenvalue weighted by Gasteiger charge is 2.43. The molecule has 1 aliphatic heterocycles. The van der Waals surface area contributed by atoms with Crippen molar-refractivity contribution in [1.29, 1.82) is 0 Å². The van der Waals surface area contributed by atoms with Crippen molar-refractivity contribution in [2.45, 2.75) is 24.0 Å². The summed E-state index contributed by atoms with van der Waals surface area (Å²) in [7, 11) is -5.00. The molecule has 1 aliphatic rings. The molecule has 0 saturated carbocycles. The number of hydrogen-bond acceptors (Lipinski definition) is 7. The number of likely N-dealkylation sites (N-methyl/N-ethyl adjacent to an activating group) is 1. The smallest absolute Gasteiger partial charge is 0.243 e. The van der Waals surface area contributed by atoms with E-state index in [1.807, 2.05) is 0 Å². The molecular weight excluding hydrogens is 372 g/mol. The second-order valence-corrected chi connectivity index (χ2v) is 9.93. The van der Waals surface area contributed by atoms with Gasteiger partial charge in [-0.2, -0.15) is 4.31 Å². The Labute approximate surface area is 146 Å². The Balaban J connectivity index is 2.40. The van der Waals surface area contributed by atoms with Gasteiger partial charge in [0.05, 0.1) is 41.3 Å². The van der Waals surface area contributed by atoms with Crippen LogP contribution in [-0.4, -0.2) is 70.0 Å². The van der Waals surface area contributed by atoms with Crippen LogP contribution < -0.4 is 10.1 Å². The van der Waals surface area contributed by atoms with Crippen LogP contribution in [0.2, 0.25) is 0 Å². The van der Waals surface area contributed by atoms with Gasteiger partial charge in [0.1, 0.15) is 5.75 Å². The highest BCUT2D eigenvalue weighted by Crippen LogP contribution is 2.30. The molecule has 140 valence electrons. The molecule has 1 amide bonds. The predicted octanol–water partition coefficient (Wildman–Crippen LogP) is -0.568. The monoisotopic (exact) mass is 392 g/mol. The molecule has 1 saturated heterocycles. The minimum atomic E-state index is -4.09. The number of nitrogens with zero attached hydrogens (tertiary/aromatic N) is 1. The van der Waals surface area contributed by atoms with Gasteiger partial charge in [-0.1, -0.05) is 0 Å². The summed E-state index contributed by atoms with van der Waals surface area (Å²) in [5, 5.41) is 12.4. The lowest BCUT2D eigenvalue weighted by atomic mass is 10.2. The second kappa shape index (κ2) is 6.90. The number of rotatable bonds is 5. The van der Waals surface area contributed by atoms with E-state index in [-0.39, 0.29) is 16.3 Å². The van der Waals surface area contributed by atoms with E-state index in [4.69, 9.17) is 4.74 Å². The molecule has 0 radical (unpaired) electrons. The Bertz CT molecular complexity index is 880. The van der Waals surface area contributed by atoms with E-state index in [0.29, 0.717) is 0 Å². The molecule has 1 aromatic carbocycles. The number of ether oxygens (including phenoxy) is 1. The summed E-state index contributed by atoms with van der Waals surface area (Å²) in [6, 6.07) is 2.82. The lowest BCUT2D eigenvalue weighted by Crippen LogP contribution is -2.44. The number of aliphatic hydroxyl groups excluding tert-OH is 1. The molecule has 2 rings (SSSR count). The molecule has 0 aliphatic carbocycles. The van der Waals surface area contributed by atoms with Gasteiger partial charge in [0.15, 0.2) is 9.84 Å². The number of carbonyl (C=O) groups is 1. The van der Waals surface area contributed by atoms with Gasteiger partial charge in [-0.3, -0.25) is 4.79 Å². The summed E-state index contributed by atoms with van der Waals surface area (Å²) in [5.41, 5.74) is 0.170. The number of anilines is 1. The third-order valence-corrected chi connectivity index (χ3v) is 7.50. The van der Waals surface area contributed by atoms with Crippen LogP contribution in [0.5, 0.6) is 5.75 Å². The van der Waals surface area contributed by atoms with Crippen molar-refractivity contribution in [2.24, 2.45) is 0 Å². The van der Waals surface area contributed by atoms with E-state index in [2.05, 4.69) is 5.32 Å². The number of nitrogens with one attached hydrogen (secondary N) is 1. The zero-order valence-corrected chi connectivity index (χ0v) is 15.6. The molecule has 1 fully saturated rings. The number of hydrogen-bond donors (Lipinski definition) is 2. The zero-order valence-electron chi connectivity index (χ0n) is 14.0. The molecule has 9 nitrogen and oxygen atoms in total. The lowest BCUT2D eigenvalue weighted by Gasteiger charge is -2.25. The van der Waals surface area contributed by atoms with Gasteiger partial charge in [0.25, 0.3) is 0 Å². The summed E-state index contributed by atoms with van der Waals surface area (Å²) in [6.45, 7) is 1.27. The number of sulfone groups is 1. The number of sulfonamides is 1. The van der Waals surface area contributed by atoms with E-state index in [9.17, 15) is 26.7 Å². The van der Waals surface area contributed by atoms with Crippen LogP contribution in [0, 0.1) is 0 Å². The molecule has 1 heterocycles. The van der Waals surface area contributed by atoms with Gasteiger partial charge in [0.2, 0.25) is 15.9 Å². The lowest BCUT2D eigenvalue weighted by molar-refractivity contribution is -0.114. The first-order valence-corrected chi connectivity index (χ1v) is 10.6. The van der Waals surface area contributed by atoms with Crippen LogP contribution >= 0.6 is 0 Å². The Kier molecular flexibility index (Phi) is 5.42. The molecule has 2 atom stereocenters. The molecule has 0 bridgehead atoms. The normalized spacial score (nSPS) is 22.8. The molecule has 1 aromatic rings. The van der Waals surface area contributed by atoms with Crippen molar-refractivity contribution < 1.29 is 31.5 Å². The maximum atomic E-state index is 12.8. The summed E-state index contributed by atoms with van der Waals surface area (Å²) in [5.74, 6) is -1.05. The van der Waals surface area contributed by atoms with Crippen molar-refractivity contribution in [3.8, 4) is 5.75 Å². The molecule has 0 spiro atoms. The maximum Gasteiger partial charge on any atom is 0.243 e. The quantitative estimate of drug-likeness (QED) is 0.686. The first-order valence-electron chi connectivity index (χ1n) is 7.30. The molecular formula is C14H20N2O7S2. The minimum absolute atomic E-state index is 0.156. The average molecular weight is 392 g/mol. The number of benzene rings is 1. The van der Waals surface area contributed by atoms with Crippen molar-refractivity contribution >= 4 is 31.5 Å². The largest absolute Gasteiger partial charge is 0.495 e. The fourth-order valence-electron chi connectivity index (χ4n) is 2.64. The van der Waals surface area contributed by atoms with Crippen molar-refractivity contribution in [1.82, 2.24) is 4.31 Å². The predicted molar refractivity (Wildman–Crippen MR) is 90.7 cm³/mol. The summed E-state index contributed by atoms with van der Waals surface area (Å²) in [4.78, 5) is 11.1. The fourth-order valence-corrected chi connectivity index (χ4v) is 5.99. The Hall–Kier alpha value is -1.69. The van der Waals surface area contributed by atoms with Gasteiger partial charge < -0.3 is 15.2 Å². The maximum absolute atomic E-state index is 12.8. The van der Waals surface area contributed by atoms with E-state index in [1.54, 1.807) is 0 Å². The Morgan fingerprint density at radius 3 is 2.48 bits per heavy atom. The third-order valence-electron chi connectivity index (χ3n) is 3.92. The van der Waals surface area contributed by atoms with Gasteiger partial charge in [-0.05, 0) is 18.2 Å². The molecule has 2 N–H and O–H groups in total. The summed E-state index contributed by atoms with van der Waals surface area (Å²) >= 11 is 0. The van der Waals surface area contributed by atoms with Crippen molar-refractivity contribution in [2.75, 3.05) is 31.0 Å². The number of amides is 1. The molecule has 0 aromatic heterocycles. The van der Waals surface area contributed by atoms with E-state index in [0.717, 1.165) is 4.31 Å². The van der Waals surface area contributed by atoms with Gasteiger partial charge in [-0.15, -0.1) is 0 Å². The fraction of sp³-hybridized carbons (Fsp3) is 0.500. The highest BCUT2D eigenvalue weighted by atomic mass is 32.2.